The lowest BCUT2D eigenvalue weighted by Gasteiger charge is -2.25. The molecule has 0 spiro atoms. The summed E-state index contributed by atoms with van der Waals surface area (Å²) in [5.41, 5.74) is 0. The molecule has 1 rings (SSSR count). The predicted octanol–water partition coefficient (Wildman–Crippen LogP) is -0.801. The zero-order valence-corrected chi connectivity index (χ0v) is 6.82. The van der Waals surface area contributed by atoms with Crippen LogP contribution in [0.2, 0.25) is 0 Å². The molecule has 60 valence electrons. The van der Waals surface area contributed by atoms with E-state index in [4.69, 9.17) is 0 Å². The third-order valence-electron chi connectivity index (χ3n) is 1.57. The first-order valence-electron chi connectivity index (χ1n) is 3.35. The summed E-state index contributed by atoms with van der Waals surface area (Å²) in [5.74, 6) is 0.0981. The Morgan fingerprint density at radius 2 is 2.30 bits per heavy atom. The van der Waals surface area contributed by atoms with E-state index in [1.807, 2.05) is 6.92 Å². The highest BCUT2D eigenvalue weighted by molar-refractivity contribution is 7.89. The Labute approximate surface area is 61.3 Å². The highest BCUT2D eigenvalue weighted by Gasteiger charge is 2.22. The average Bonchev–Trinajstić information content (AvgIpc) is 1.87. The van der Waals surface area contributed by atoms with Gasteiger partial charge in [-0.3, -0.25) is 0 Å². The summed E-state index contributed by atoms with van der Waals surface area (Å²) in [6, 6.07) is 0. The number of rotatable bonds is 1. The maximum absolute atomic E-state index is 11.1. The third-order valence-corrected chi connectivity index (χ3v) is 3.37. The van der Waals surface area contributed by atoms with E-state index >= 15 is 0 Å². The molecular weight excluding hydrogens is 152 g/mol. The van der Waals surface area contributed by atoms with Gasteiger partial charge in [0.25, 0.3) is 0 Å². The summed E-state index contributed by atoms with van der Waals surface area (Å²) in [6.45, 7) is 3.82. The summed E-state index contributed by atoms with van der Waals surface area (Å²) in [5, 5.41) is 2.81. The number of nitrogens with one attached hydrogen (secondary N) is 1. The van der Waals surface area contributed by atoms with E-state index in [0.717, 1.165) is 6.54 Å². The van der Waals surface area contributed by atoms with Gasteiger partial charge in [-0.1, -0.05) is 6.92 Å². The van der Waals surface area contributed by atoms with Crippen molar-refractivity contribution in [3.8, 4) is 0 Å². The van der Waals surface area contributed by atoms with Crippen molar-refractivity contribution >= 4 is 10.0 Å². The maximum Gasteiger partial charge on any atom is 0.227 e. The van der Waals surface area contributed by atoms with Crippen LogP contribution in [-0.4, -0.2) is 38.2 Å². The van der Waals surface area contributed by atoms with Crippen molar-refractivity contribution in [2.75, 3.05) is 25.5 Å². The molecule has 1 N–H and O–H groups in total. The van der Waals surface area contributed by atoms with Crippen molar-refractivity contribution < 1.29 is 8.42 Å². The standard InChI is InChI=1S/C5H12N2O2S/c1-2-7-4-3-6-5-10(7,8)9/h6H,2-5H2,1H3. The molecule has 1 aliphatic heterocycles. The summed E-state index contributed by atoms with van der Waals surface area (Å²) in [7, 11) is -2.95. The average molecular weight is 164 g/mol. The van der Waals surface area contributed by atoms with Gasteiger partial charge in [0, 0.05) is 19.6 Å². The molecule has 0 aromatic carbocycles. The molecule has 0 saturated carbocycles. The summed E-state index contributed by atoms with van der Waals surface area (Å²) >= 11 is 0. The minimum Gasteiger partial charge on any atom is -0.301 e. The molecule has 0 amide bonds. The molecule has 1 aliphatic rings. The van der Waals surface area contributed by atoms with Crippen LogP contribution in [0.4, 0.5) is 0 Å². The largest absolute Gasteiger partial charge is 0.301 e. The van der Waals surface area contributed by atoms with Crippen LogP contribution in [0.15, 0.2) is 0 Å². The molecule has 1 heterocycles. The van der Waals surface area contributed by atoms with E-state index < -0.39 is 10.0 Å². The fourth-order valence-electron chi connectivity index (χ4n) is 0.990. The van der Waals surface area contributed by atoms with Gasteiger partial charge in [0.2, 0.25) is 10.0 Å². The Hall–Kier alpha value is -0.130. The lowest BCUT2D eigenvalue weighted by atomic mass is 10.6. The van der Waals surface area contributed by atoms with Crippen molar-refractivity contribution in [2.24, 2.45) is 0 Å². The third kappa shape index (κ3) is 1.47. The minimum absolute atomic E-state index is 0.0981. The molecule has 0 atom stereocenters. The maximum atomic E-state index is 11.1. The second kappa shape index (κ2) is 2.86. The Bertz CT molecular complexity index is 200. The van der Waals surface area contributed by atoms with E-state index in [2.05, 4.69) is 5.32 Å². The topological polar surface area (TPSA) is 49.4 Å². The van der Waals surface area contributed by atoms with Gasteiger partial charge in [-0.25, -0.2) is 8.42 Å². The van der Waals surface area contributed by atoms with Gasteiger partial charge in [0.1, 0.15) is 5.88 Å². The van der Waals surface area contributed by atoms with Crippen molar-refractivity contribution in [3.05, 3.63) is 0 Å². The van der Waals surface area contributed by atoms with Gasteiger partial charge in [-0.2, -0.15) is 4.31 Å². The molecule has 0 bridgehead atoms. The quantitative estimate of drug-likeness (QED) is 0.552. The SMILES string of the molecule is CCN1CCNCS1(=O)=O. The van der Waals surface area contributed by atoms with Gasteiger partial charge in [-0.05, 0) is 0 Å². The van der Waals surface area contributed by atoms with E-state index in [0.29, 0.717) is 13.1 Å². The molecule has 0 aliphatic carbocycles. The zero-order valence-electron chi connectivity index (χ0n) is 6.00. The Kier molecular flexibility index (Phi) is 2.28. The lowest BCUT2D eigenvalue weighted by molar-refractivity contribution is 0.399. The van der Waals surface area contributed by atoms with Crippen LogP contribution in [-0.2, 0) is 10.0 Å². The van der Waals surface area contributed by atoms with Crippen LogP contribution >= 0.6 is 0 Å². The normalized spacial score (nSPS) is 26.5. The highest BCUT2D eigenvalue weighted by atomic mass is 32.2. The number of hydrogen-bond acceptors (Lipinski definition) is 3. The first kappa shape index (κ1) is 7.97. The number of likely N-dealkylation sites (N-methyl/N-ethyl adjacent to an activating group) is 1. The Balaban J connectivity index is 2.70. The van der Waals surface area contributed by atoms with E-state index in [1.165, 1.54) is 4.31 Å². The fourth-order valence-corrected chi connectivity index (χ4v) is 2.34. The molecule has 5 heteroatoms. The summed E-state index contributed by atoms with van der Waals surface area (Å²) in [4.78, 5) is 0. The number of hydrogen-bond donors (Lipinski definition) is 1. The summed E-state index contributed by atoms with van der Waals surface area (Å²) in [6.07, 6.45) is 0. The van der Waals surface area contributed by atoms with Crippen LogP contribution in [0.1, 0.15) is 6.92 Å². The second-order valence-corrected chi connectivity index (χ2v) is 4.22. The van der Waals surface area contributed by atoms with Gasteiger partial charge in [0.15, 0.2) is 0 Å². The van der Waals surface area contributed by atoms with Crippen LogP contribution < -0.4 is 5.32 Å². The number of nitrogens with zero attached hydrogens (tertiary/aromatic N) is 1. The highest BCUT2D eigenvalue weighted by Crippen LogP contribution is 2.01. The van der Waals surface area contributed by atoms with E-state index in [-0.39, 0.29) is 5.88 Å². The van der Waals surface area contributed by atoms with E-state index in [1.54, 1.807) is 0 Å². The van der Waals surface area contributed by atoms with E-state index in [9.17, 15) is 8.42 Å². The van der Waals surface area contributed by atoms with Crippen LogP contribution in [0.25, 0.3) is 0 Å². The molecule has 1 saturated heterocycles. The number of sulfonamides is 1. The smallest absolute Gasteiger partial charge is 0.227 e. The molecule has 0 unspecified atom stereocenters. The van der Waals surface area contributed by atoms with Crippen LogP contribution in [0, 0.1) is 0 Å². The van der Waals surface area contributed by atoms with Crippen molar-refractivity contribution in [1.82, 2.24) is 9.62 Å². The molecule has 4 nitrogen and oxygen atoms in total. The fraction of sp³-hybridized carbons (Fsp3) is 1.00. The summed E-state index contributed by atoms with van der Waals surface area (Å²) < 4.78 is 23.6. The molecule has 1 fully saturated rings. The zero-order chi connectivity index (χ0) is 7.61. The van der Waals surface area contributed by atoms with Crippen LogP contribution in [0.3, 0.4) is 0 Å². The van der Waals surface area contributed by atoms with Crippen molar-refractivity contribution in [1.29, 1.82) is 0 Å². The Morgan fingerprint density at radius 3 is 2.70 bits per heavy atom. The van der Waals surface area contributed by atoms with Gasteiger partial charge < -0.3 is 5.32 Å². The first-order chi connectivity index (χ1) is 4.67. The molecule has 0 radical (unpaired) electrons. The molecule has 0 aromatic heterocycles. The van der Waals surface area contributed by atoms with Gasteiger partial charge in [-0.15, -0.1) is 0 Å². The minimum atomic E-state index is -2.95. The monoisotopic (exact) mass is 164 g/mol. The van der Waals surface area contributed by atoms with Gasteiger partial charge in [0.05, 0.1) is 0 Å². The predicted molar refractivity (Wildman–Crippen MR) is 39.0 cm³/mol. The van der Waals surface area contributed by atoms with Gasteiger partial charge >= 0.3 is 0 Å². The molecule has 0 aromatic rings. The van der Waals surface area contributed by atoms with Crippen LogP contribution in [0.5, 0.6) is 0 Å². The molecule has 10 heavy (non-hydrogen) atoms. The Morgan fingerprint density at radius 1 is 1.60 bits per heavy atom. The first-order valence-corrected chi connectivity index (χ1v) is 4.96. The lowest BCUT2D eigenvalue weighted by Crippen LogP contribution is -2.47. The second-order valence-electron chi connectivity index (χ2n) is 2.25. The molecular formula is C5H12N2O2S. The van der Waals surface area contributed by atoms with Crippen molar-refractivity contribution in [2.45, 2.75) is 6.92 Å². The van der Waals surface area contributed by atoms with Crippen molar-refractivity contribution in [3.63, 3.8) is 0 Å².